The first-order valence-electron chi connectivity index (χ1n) is 7.76. The van der Waals surface area contributed by atoms with E-state index in [1.54, 1.807) is 23.1 Å². The summed E-state index contributed by atoms with van der Waals surface area (Å²) in [4.78, 5) is 27.5. The zero-order valence-corrected chi connectivity index (χ0v) is 13.0. The van der Waals surface area contributed by atoms with Crippen LogP contribution in [0.5, 0.6) is 11.5 Å². The Bertz CT molecular complexity index is 610. The third-order valence-electron chi connectivity index (χ3n) is 4.33. The van der Waals surface area contributed by atoms with E-state index in [-0.39, 0.29) is 12.7 Å². The number of carboxylic acid groups (broad SMARTS) is 1. The van der Waals surface area contributed by atoms with Gasteiger partial charge >= 0.3 is 5.97 Å². The zero-order valence-electron chi connectivity index (χ0n) is 13.0. The maximum atomic E-state index is 12.6. The average molecular weight is 320 g/mol. The lowest BCUT2D eigenvalue weighted by Crippen LogP contribution is -2.53. The molecule has 1 fully saturated rings. The van der Waals surface area contributed by atoms with E-state index in [0.29, 0.717) is 49.7 Å². The number of carboxylic acids is 1. The topological polar surface area (TPSA) is 79.3 Å². The molecule has 2 aliphatic heterocycles. The summed E-state index contributed by atoms with van der Waals surface area (Å²) >= 11 is 0. The molecule has 1 aromatic rings. The Morgan fingerprint density at radius 1 is 1.17 bits per heavy atom. The lowest BCUT2D eigenvalue weighted by atomic mass is 10.1. The molecule has 124 valence electrons. The molecule has 23 heavy (non-hydrogen) atoms. The Morgan fingerprint density at radius 2 is 1.87 bits per heavy atom. The number of benzene rings is 1. The number of hydrogen-bond donors (Lipinski definition) is 1. The molecular formula is C16H20N2O5. The van der Waals surface area contributed by atoms with Crippen LogP contribution in [0.25, 0.3) is 0 Å². The first kappa shape index (κ1) is 15.6. The number of ether oxygens (including phenoxy) is 2. The van der Waals surface area contributed by atoms with Gasteiger partial charge in [-0.15, -0.1) is 0 Å². The van der Waals surface area contributed by atoms with E-state index < -0.39 is 12.0 Å². The number of rotatable bonds is 4. The van der Waals surface area contributed by atoms with Crippen molar-refractivity contribution in [2.75, 3.05) is 33.0 Å². The molecule has 2 heterocycles. The predicted octanol–water partition coefficient (Wildman–Crippen LogP) is 1.04. The van der Waals surface area contributed by atoms with Crippen LogP contribution < -0.4 is 9.47 Å². The SMILES string of the molecule is CCC(C(=O)O)N1CCN(C(=O)c2ccc3c(c2)OCO3)CC1. The maximum Gasteiger partial charge on any atom is 0.320 e. The van der Waals surface area contributed by atoms with Crippen LogP contribution in [-0.4, -0.2) is 65.8 Å². The van der Waals surface area contributed by atoms with Crippen molar-refractivity contribution in [1.82, 2.24) is 9.80 Å². The second-order valence-corrected chi connectivity index (χ2v) is 5.66. The van der Waals surface area contributed by atoms with E-state index in [2.05, 4.69) is 0 Å². The van der Waals surface area contributed by atoms with Gasteiger partial charge in [-0.25, -0.2) is 0 Å². The minimum Gasteiger partial charge on any atom is -0.480 e. The highest BCUT2D eigenvalue weighted by Crippen LogP contribution is 2.32. The van der Waals surface area contributed by atoms with Crippen molar-refractivity contribution in [1.29, 1.82) is 0 Å². The smallest absolute Gasteiger partial charge is 0.320 e. The third-order valence-corrected chi connectivity index (χ3v) is 4.33. The number of carbonyl (C=O) groups excluding carboxylic acids is 1. The minimum absolute atomic E-state index is 0.0636. The van der Waals surface area contributed by atoms with Crippen molar-refractivity contribution in [3.8, 4) is 11.5 Å². The summed E-state index contributed by atoms with van der Waals surface area (Å²) in [6.45, 7) is 4.23. The molecule has 3 rings (SSSR count). The largest absolute Gasteiger partial charge is 0.480 e. The van der Waals surface area contributed by atoms with E-state index in [9.17, 15) is 14.7 Å². The van der Waals surface area contributed by atoms with E-state index in [4.69, 9.17) is 9.47 Å². The zero-order chi connectivity index (χ0) is 16.4. The number of hydrogen-bond acceptors (Lipinski definition) is 5. The van der Waals surface area contributed by atoms with Crippen molar-refractivity contribution < 1.29 is 24.2 Å². The van der Waals surface area contributed by atoms with Gasteiger partial charge in [-0.1, -0.05) is 6.92 Å². The fraction of sp³-hybridized carbons (Fsp3) is 0.500. The van der Waals surface area contributed by atoms with E-state index >= 15 is 0 Å². The number of nitrogens with zero attached hydrogens (tertiary/aromatic N) is 2. The molecule has 0 aromatic heterocycles. The number of piperazine rings is 1. The van der Waals surface area contributed by atoms with Crippen molar-refractivity contribution >= 4 is 11.9 Å². The Balaban J connectivity index is 1.63. The Hall–Kier alpha value is -2.28. The van der Waals surface area contributed by atoms with E-state index in [0.717, 1.165) is 0 Å². The molecular weight excluding hydrogens is 300 g/mol. The molecule has 1 unspecified atom stereocenters. The first-order valence-corrected chi connectivity index (χ1v) is 7.76. The van der Waals surface area contributed by atoms with Gasteiger partial charge in [0.2, 0.25) is 6.79 Å². The molecule has 1 amide bonds. The monoisotopic (exact) mass is 320 g/mol. The van der Waals surface area contributed by atoms with Crippen LogP contribution in [0.1, 0.15) is 23.7 Å². The van der Waals surface area contributed by atoms with Gasteiger partial charge in [-0.05, 0) is 24.6 Å². The Morgan fingerprint density at radius 3 is 2.52 bits per heavy atom. The molecule has 2 aliphatic rings. The van der Waals surface area contributed by atoms with Crippen molar-refractivity contribution in [2.24, 2.45) is 0 Å². The highest BCUT2D eigenvalue weighted by atomic mass is 16.7. The van der Waals surface area contributed by atoms with Gasteiger partial charge in [0.15, 0.2) is 11.5 Å². The first-order chi connectivity index (χ1) is 11.1. The molecule has 0 saturated carbocycles. The highest BCUT2D eigenvalue weighted by Gasteiger charge is 2.29. The molecule has 1 aromatic carbocycles. The van der Waals surface area contributed by atoms with Crippen LogP contribution in [0.3, 0.4) is 0 Å². The highest BCUT2D eigenvalue weighted by molar-refractivity contribution is 5.95. The number of fused-ring (bicyclic) bond motifs is 1. The Kier molecular flexibility index (Phi) is 4.38. The van der Waals surface area contributed by atoms with Gasteiger partial charge in [0.25, 0.3) is 5.91 Å². The second-order valence-electron chi connectivity index (χ2n) is 5.66. The molecule has 7 nitrogen and oxygen atoms in total. The van der Waals surface area contributed by atoms with Crippen LogP contribution in [-0.2, 0) is 4.79 Å². The van der Waals surface area contributed by atoms with Gasteiger partial charge in [0.05, 0.1) is 0 Å². The van der Waals surface area contributed by atoms with Gasteiger partial charge in [0.1, 0.15) is 6.04 Å². The van der Waals surface area contributed by atoms with E-state index in [1.165, 1.54) is 0 Å². The quantitative estimate of drug-likeness (QED) is 0.893. The van der Waals surface area contributed by atoms with Gasteiger partial charge in [-0.2, -0.15) is 0 Å². The second kappa shape index (κ2) is 6.45. The van der Waals surface area contributed by atoms with Gasteiger partial charge in [0, 0.05) is 31.7 Å². The number of carbonyl (C=O) groups is 2. The third kappa shape index (κ3) is 3.10. The van der Waals surface area contributed by atoms with Crippen molar-refractivity contribution in [2.45, 2.75) is 19.4 Å². The molecule has 0 radical (unpaired) electrons. The van der Waals surface area contributed by atoms with E-state index in [1.807, 2.05) is 11.8 Å². The number of aliphatic carboxylic acids is 1. The van der Waals surface area contributed by atoms with Crippen LogP contribution in [0.15, 0.2) is 18.2 Å². The predicted molar refractivity (Wildman–Crippen MR) is 81.8 cm³/mol. The summed E-state index contributed by atoms with van der Waals surface area (Å²) in [5.74, 6) is 0.374. The van der Waals surface area contributed by atoms with Crippen LogP contribution in [0, 0.1) is 0 Å². The molecule has 1 saturated heterocycles. The van der Waals surface area contributed by atoms with Gasteiger partial charge < -0.3 is 19.5 Å². The summed E-state index contributed by atoms with van der Waals surface area (Å²) in [5.41, 5.74) is 0.563. The maximum absolute atomic E-state index is 12.6. The summed E-state index contributed by atoms with van der Waals surface area (Å²) in [5, 5.41) is 9.22. The number of amides is 1. The van der Waals surface area contributed by atoms with Gasteiger partial charge in [-0.3, -0.25) is 14.5 Å². The normalized spacial score (nSPS) is 18.7. The van der Waals surface area contributed by atoms with Crippen LogP contribution >= 0.6 is 0 Å². The summed E-state index contributed by atoms with van der Waals surface area (Å²) in [6.07, 6.45) is 0.561. The summed E-state index contributed by atoms with van der Waals surface area (Å²) in [7, 11) is 0. The van der Waals surface area contributed by atoms with Crippen LogP contribution in [0.2, 0.25) is 0 Å². The summed E-state index contributed by atoms with van der Waals surface area (Å²) < 4.78 is 10.5. The molecule has 0 aliphatic carbocycles. The molecule has 1 atom stereocenters. The summed E-state index contributed by atoms with van der Waals surface area (Å²) in [6, 6.07) is 4.69. The molecule has 7 heteroatoms. The van der Waals surface area contributed by atoms with Crippen LogP contribution in [0.4, 0.5) is 0 Å². The van der Waals surface area contributed by atoms with Crippen molar-refractivity contribution in [3.63, 3.8) is 0 Å². The fourth-order valence-corrected chi connectivity index (χ4v) is 3.04. The molecule has 0 spiro atoms. The lowest BCUT2D eigenvalue weighted by Gasteiger charge is -2.37. The average Bonchev–Trinajstić information content (AvgIpc) is 3.02. The molecule has 0 bridgehead atoms. The molecule has 1 N–H and O–H groups in total. The fourth-order valence-electron chi connectivity index (χ4n) is 3.04. The van der Waals surface area contributed by atoms with Crippen molar-refractivity contribution in [3.05, 3.63) is 23.8 Å². The minimum atomic E-state index is -0.803. The lowest BCUT2D eigenvalue weighted by molar-refractivity contribution is -0.144. The standard InChI is InChI=1S/C16H20N2O5/c1-2-12(16(20)21)17-5-7-18(8-6-17)15(19)11-3-4-13-14(9-11)23-10-22-13/h3-4,9,12H,2,5-8,10H2,1H3,(H,20,21). The Labute approximate surface area is 134 Å².